The van der Waals surface area contributed by atoms with Crippen LogP contribution in [-0.2, 0) is 19.1 Å². The molecule has 2 amide bonds. The molecule has 0 aliphatic rings. The van der Waals surface area contributed by atoms with Gasteiger partial charge in [0, 0.05) is 13.2 Å². The van der Waals surface area contributed by atoms with Crippen molar-refractivity contribution >= 4 is 18.0 Å². The fourth-order valence-electron chi connectivity index (χ4n) is 0.898. The third-order valence-electron chi connectivity index (χ3n) is 1.52. The zero-order valence-electron chi connectivity index (χ0n) is 10.0. The van der Waals surface area contributed by atoms with Crippen LogP contribution in [0.3, 0.4) is 0 Å². The topological polar surface area (TPSA) is 93.7 Å². The first-order valence-corrected chi connectivity index (χ1v) is 5.09. The summed E-state index contributed by atoms with van der Waals surface area (Å²) in [4.78, 5) is 33.9. The summed E-state index contributed by atoms with van der Waals surface area (Å²) in [5, 5.41) is 4.41. The minimum atomic E-state index is -0.913. The Labute approximate surface area is 99.1 Å². The van der Waals surface area contributed by atoms with Crippen LogP contribution in [0, 0.1) is 0 Å². The quantitative estimate of drug-likeness (QED) is 0.304. The van der Waals surface area contributed by atoms with Crippen molar-refractivity contribution in [3.8, 4) is 0 Å². The molecule has 0 bridgehead atoms. The van der Waals surface area contributed by atoms with Crippen molar-refractivity contribution in [2.75, 3.05) is 20.3 Å². The van der Waals surface area contributed by atoms with Crippen LogP contribution in [-0.4, -0.2) is 38.2 Å². The molecule has 17 heavy (non-hydrogen) atoms. The third kappa shape index (κ3) is 5.55. The Hall–Kier alpha value is -2.05. The van der Waals surface area contributed by atoms with E-state index in [9.17, 15) is 14.4 Å². The Morgan fingerprint density at radius 3 is 2.18 bits per heavy atom. The molecule has 0 rings (SSSR count). The molecule has 0 aliphatic heterocycles. The maximum Gasteiger partial charge on any atom is 0.414 e. The first kappa shape index (κ1) is 14.9. The number of carbonyl (C=O) groups is 3. The van der Waals surface area contributed by atoms with Crippen LogP contribution in [0.25, 0.3) is 0 Å². The molecule has 0 spiro atoms. The minimum absolute atomic E-state index is 0.129. The molecule has 0 heterocycles. The van der Waals surface area contributed by atoms with Gasteiger partial charge in [0.15, 0.2) is 0 Å². The van der Waals surface area contributed by atoms with Crippen LogP contribution >= 0.6 is 0 Å². The highest BCUT2D eigenvalue weighted by Crippen LogP contribution is 1.98. The van der Waals surface area contributed by atoms with Gasteiger partial charge in [0.2, 0.25) is 0 Å². The number of rotatable bonds is 5. The molecule has 0 saturated carbocycles. The number of carbonyl (C=O) groups excluding carboxylic acids is 3. The second-order valence-corrected chi connectivity index (χ2v) is 2.74. The summed E-state index contributed by atoms with van der Waals surface area (Å²) in [6.45, 7) is 3.47. The molecule has 0 radical (unpaired) electrons. The number of hydrogen-bond acceptors (Lipinski definition) is 6. The van der Waals surface area contributed by atoms with E-state index >= 15 is 0 Å². The first-order chi connectivity index (χ1) is 8.06. The fourth-order valence-corrected chi connectivity index (χ4v) is 0.898. The van der Waals surface area contributed by atoms with E-state index in [4.69, 9.17) is 0 Å². The van der Waals surface area contributed by atoms with Crippen molar-refractivity contribution in [2.24, 2.45) is 0 Å². The maximum absolute atomic E-state index is 11.5. The number of imide groups is 1. The second-order valence-electron chi connectivity index (χ2n) is 2.74. The fraction of sp³-hybridized carbons (Fsp3) is 0.500. The summed E-state index contributed by atoms with van der Waals surface area (Å²) < 4.78 is 9.17. The Balaban J connectivity index is 4.62. The van der Waals surface area contributed by atoms with Gasteiger partial charge in [0.1, 0.15) is 5.57 Å². The van der Waals surface area contributed by atoms with Crippen molar-refractivity contribution in [3.05, 3.63) is 11.8 Å². The molecule has 0 fully saturated rings. The Bertz CT molecular complexity index is 325. The van der Waals surface area contributed by atoms with Crippen molar-refractivity contribution in [3.63, 3.8) is 0 Å². The molecule has 0 aliphatic carbocycles. The zero-order chi connectivity index (χ0) is 13.3. The first-order valence-electron chi connectivity index (χ1n) is 5.09. The summed E-state index contributed by atoms with van der Waals surface area (Å²) in [7, 11) is 1.51. The van der Waals surface area contributed by atoms with E-state index in [1.165, 1.54) is 7.05 Å². The van der Waals surface area contributed by atoms with E-state index in [-0.39, 0.29) is 18.8 Å². The van der Waals surface area contributed by atoms with Gasteiger partial charge in [0.25, 0.3) is 5.91 Å². The van der Waals surface area contributed by atoms with Gasteiger partial charge in [-0.2, -0.15) is 0 Å². The molecular formula is C10H16N2O5. The van der Waals surface area contributed by atoms with E-state index < -0.39 is 18.0 Å². The molecule has 2 N–H and O–H groups in total. The highest BCUT2D eigenvalue weighted by Gasteiger charge is 2.21. The average molecular weight is 244 g/mol. The largest absolute Gasteiger partial charge is 0.462 e. The molecule has 0 aromatic rings. The standard InChI is InChI=1S/C10H16N2O5/c1-4-16-9(14)7(6-11-3)8(13)12-10(15)17-5-2/h6,11H,4-5H2,1-3H3,(H,12,13,15)/b7-6-. The van der Waals surface area contributed by atoms with Crippen LogP contribution in [0.5, 0.6) is 0 Å². The van der Waals surface area contributed by atoms with E-state index in [1.54, 1.807) is 13.8 Å². The molecular weight excluding hydrogens is 228 g/mol. The Kier molecular flexibility index (Phi) is 7.16. The molecule has 0 aromatic carbocycles. The van der Waals surface area contributed by atoms with Gasteiger partial charge >= 0.3 is 12.1 Å². The average Bonchev–Trinajstić information content (AvgIpc) is 2.26. The van der Waals surface area contributed by atoms with E-state index in [0.29, 0.717) is 0 Å². The van der Waals surface area contributed by atoms with Crippen LogP contribution in [0.15, 0.2) is 11.8 Å². The van der Waals surface area contributed by atoms with Crippen molar-refractivity contribution in [1.29, 1.82) is 0 Å². The summed E-state index contributed by atoms with van der Waals surface area (Å²) in [5.74, 6) is -1.69. The lowest BCUT2D eigenvalue weighted by molar-refractivity contribution is -0.140. The number of nitrogens with one attached hydrogen (secondary N) is 2. The van der Waals surface area contributed by atoms with Crippen molar-refractivity contribution < 1.29 is 23.9 Å². The van der Waals surface area contributed by atoms with Crippen molar-refractivity contribution in [1.82, 2.24) is 10.6 Å². The highest BCUT2D eigenvalue weighted by atomic mass is 16.5. The number of hydrogen-bond donors (Lipinski definition) is 2. The summed E-state index contributed by atoms with van der Waals surface area (Å²) in [6.07, 6.45) is 0.232. The van der Waals surface area contributed by atoms with Gasteiger partial charge in [-0.15, -0.1) is 0 Å². The molecule has 0 aromatic heterocycles. The Morgan fingerprint density at radius 1 is 1.12 bits per heavy atom. The second kappa shape index (κ2) is 8.14. The molecule has 0 unspecified atom stereocenters. The van der Waals surface area contributed by atoms with Gasteiger partial charge < -0.3 is 14.8 Å². The predicted molar refractivity (Wildman–Crippen MR) is 58.9 cm³/mol. The van der Waals surface area contributed by atoms with Crippen LogP contribution in [0.2, 0.25) is 0 Å². The number of amides is 2. The lowest BCUT2D eigenvalue weighted by atomic mass is 10.2. The highest BCUT2D eigenvalue weighted by molar-refractivity contribution is 6.19. The number of esters is 1. The van der Waals surface area contributed by atoms with Crippen LogP contribution in [0.4, 0.5) is 4.79 Å². The number of alkyl carbamates (subject to hydrolysis) is 1. The van der Waals surface area contributed by atoms with E-state index in [1.807, 2.05) is 5.32 Å². The number of ether oxygens (including phenoxy) is 2. The SMILES string of the molecule is CCOC(=O)NC(=O)/C(=C/NC)C(=O)OCC. The normalized spacial score (nSPS) is 10.4. The van der Waals surface area contributed by atoms with Gasteiger partial charge in [-0.25, -0.2) is 9.59 Å². The Morgan fingerprint density at radius 2 is 1.71 bits per heavy atom. The minimum Gasteiger partial charge on any atom is -0.462 e. The summed E-state index contributed by atoms with van der Waals surface area (Å²) in [6, 6.07) is 0. The van der Waals surface area contributed by atoms with Gasteiger partial charge in [-0.3, -0.25) is 10.1 Å². The molecule has 0 atom stereocenters. The van der Waals surface area contributed by atoms with Gasteiger partial charge in [-0.05, 0) is 13.8 Å². The summed E-state index contributed by atoms with van der Waals surface area (Å²) >= 11 is 0. The monoisotopic (exact) mass is 244 g/mol. The van der Waals surface area contributed by atoms with E-state index in [0.717, 1.165) is 6.20 Å². The summed E-state index contributed by atoms with van der Waals surface area (Å²) in [5.41, 5.74) is -0.303. The maximum atomic E-state index is 11.5. The molecule has 7 nitrogen and oxygen atoms in total. The van der Waals surface area contributed by atoms with Crippen LogP contribution < -0.4 is 10.6 Å². The van der Waals surface area contributed by atoms with Crippen LogP contribution in [0.1, 0.15) is 13.8 Å². The van der Waals surface area contributed by atoms with Gasteiger partial charge in [0.05, 0.1) is 13.2 Å². The third-order valence-corrected chi connectivity index (χ3v) is 1.52. The molecule has 96 valence electrons. The lowest BCUT2D eigenvalue weighted by Gasteiger charge is -2.07. The zero-order valence-corrected chi connectivity index (χ0v) is 10.0. The van der Waals surface area contributed by atoms with E-state index in [2.05, 4.69) is 14.8 Å². The van der Waals surface area contributed by atoms with Crippen molar-refractivity contribution in [2.45, 2.75) is 13.8 Å². The molecule has 7 heteroatoms. The van der Waals surface area contributed by atoms with Gasteiger partial charge in [-0.1, -0.05) is 0 Å². The molecule has 0 saturated heterocycles. The smallest absolute Gasteiger partial charge is 0.414 e. The lowest BCUT2D eigenvalue weighted by Crippen LogP contribution is -2.35. The predicted octanol–water partition coefficient (Wildman–Crippen LogP) is -0.0745.